The Hall–Kier alpha value is -3.12. The van der Waals surface area contributed by atoms with Gasteiger partial charge in [-0.25, -0.2) is 16.8 Å². The quantitative estimate of drug-likeness (QED) is 0.410. The normalized spacial score (nSPS) is 18.3. The summed E-state index contributed by atoms with van der Waals surface area (Å²) in [5.41, 5.74) is 3.61. The van der Waals surface area contributed by atoms with Crippen LogP contribution in [0.15, 0.2) is 77.7 Å². The highest BCUT2D eigenvalue weighted by Gasteiger charge is 2.44. The number of nitrogens with zero attached hydrogens (tertiary/aromatic N) is 1. The third kappa shape index (κ3) is 3.22. The highest BCUT2D eigenvalue weighted by Crippen LogP contribution is 2.57. The summed E-state index contributed by atoms with van der Waals surface area (Å²) in [5, 5.41) is 0.920. The summed E-state index contributed by atoms with van der Waals surface area (Å²) in [6, 6.07) is 20.5. The van der Waals surface area contributed by atoms with Crippen molar-refractivity contribution in [2.45, 2.75) is 30.1 Å². The van der Waals surface area contributed by atoms with Gasteiger partial charge in [0.1, 0.15) is 11.6 Å². The van der Waals surface area contributed by atoms with Crippen molar-refractivity contribution in [1.82, 2.24) is 3.97 Å². The van der Waals surface area contributed by atoms with E-state index < -0.39 is 15.8 Å². The van der Waals surface area contributed by atoms with Crippen molar-refractivity contribution in [3.05, 3.63) is 95.4 Å². The summed E-state index contributed by atoms with van der Waals surface area (Å²) >= 11 is 0. The SMILES string of the molecule is COc1ccc([C@@H]2C[C@@H]2c2c(C)c3ccccc3n2S(=O)(=O)c2ccc(F)cc2)cc1. The van der Waals surface area contributed by atoms with Crippen LogP contribution in [0.5, 0.6) is 5.75 Å². The number of halogens is 1. The summed E-state index contributed by atoms with van der Waals surface area (Å²) in [5.74, 6) is 0.673. The number of para-hydroxylation sites is 1. The summed E-state index contributed by atoms with van der Waals surface area (Å²) in [6.45, 7) is 1.98. The van der Waals surface area contributed by atoms with E-state index in [2.05, 4.69) is 0 Å². The molecule has 3 aromatic carbocycles. The predicted molar refractivity (Wildman–Crippen MR) is 119 cm³/mol. The van der Waals surface area contributed by atoms with Crippen molar-refractivity contribution in [1.29, 1.82) is 0 Å². The molecular formula is C25H22FNO3S. The average molecular weight is 436 g/mol. The lowest BCUT2D eigenvalue weighted by Gasteiger charge is -2.13. The number of benzene rings is 3. The monoisotopic (exact) mass is 435 g/mol. The maximum atomic E-state index is 13.7. The van der Waals surface area contributed by atoms with Gasteiger partial charge in [0.25, 0.3) is 10.0 Å². The molecule has 1 heterocycles. The van der Waals surface area contributed by atoms with E-state index in [-0.39, 0.29) is 16.7 Å². The van der Waals surface area contributed by atoms with Crippen molar-refractivity contribution >= 4 is 20.9 Å². The molecule has 0 bridgehead atoms. The van der Waals surface area contributed by atoms with E-state index >= 15 is 0 Å². The topological polar surface area (TPSA) is 48.3 Å². The molecule has 1 aliphatic carbocycles. The van der Waals surface area contributed by atoms with E-state index in [9.17, 15) is 12.8 Å². The first-order valence-corrected chi connectivity index (χ1v) is 11.6. The van der Waals surface area contributed by atoms with Crippen LogP contribution in [-0.4, -0.2) is 19.5 Å². The zero-order chi connectivity index (χ0) is 21.8. The lowest BCUT2D eigenvalue weighted by atomic mass is 10.1. The van der Waals surface area contributed by atoms with Gasteiger partial charge in [-0.2, -0.15) is 0 Å². The third-order valence-corrected chi connectivity index (χ3v) is 7.91. The minimum Gasteiger partial charge on any atom is -0.497 e. The zero-order valence-corrected chi connectivity index (χ0v) is 18.1. The molecule has 2 atom stereocenters. The van der Waals surface area contributed by atoms with Crippen molar-refractivity contribution in [3.8, 4) is 5.75 Å². The number of aryl methyl sites for hydroxylation is 1. The van der Waals surface area contributed by atoms with Crippen LogP contribution in [0.3, 0.4) is 0 Å². The Morgan fingerprint density at radius 1 is 0.935 bits per heavy atom. The fourth-order valence-electron chi connectivity index (χ4n) is 4.50. The Labute approximate surface area is 181 Å². The molecule has 158 valence electrons. The number of ether oxygens (including phenoxy) is 1. The summed E-state index contributed by atoms with van der Waals surface area (Å²) < 4.78 is 47.5. The van der Waals surface area contributed by atoms with Crippen LogP contribution in [0.2, 0.25) is 0 Å². The van der Waals surface area contributed by atoms with Crippen molar-refractivity contribution < 1.29 is 17.5 Å². The van der Waals surface area contributed by atoms with Crippen LogP contribution in [0.1, 0.15) is 35.1 Å². The standard InChI is InChI=1S/C25H22FNO3S/c1-16-21-5-3-4-6-24(21)27(31(28,29)20-13-9-18(26)10-14-20)25(16)23-15-22(23)17-7-11-19(30-2)12-8-17/h3-14,22-23H,15H2,1-2H3/t22-,23-/m0/s1. The van der Waals surface area contributed by atoms with Crippen LogP contribution >= 0.6 is 0 Å². The second-order valence-corrected chi connectivity index (χ2v) is 9.76. The summed E-state index contributed by atoms with van der Waals surface area (Å²) in [7, 11) is -2.25. The van der Waals surface area contributed by atoms with Gasteiger partial charge in [0.2, 0.25) is 0 Å². The fraction of sp³-hybridized carbons (Fsp3) is 0.200. The highest BCUT2D eigenvalue weighted by atomic mass is 32.2. The van der Waals surface area contributed by atoms with Gasteiger partial charge >= 0.3 is 0 Å². The summed E-state index contributed by atoms with van der Waals surface area (Å²) in [6.07, 6.45) is 0.877. The van der Waals surface area contributed by atoms with Crippen LogP contribution in [0.4, 0.5) is 4.39 Å². The molecule has 0 saturated heterocycles. The zero-order valence-electron chi connectivity index (χ0n) is 17.2. The van der Waals surface area contributed by atoms with E-state index in [1.54, 1.807) is 7.11 Å². The predicted octanol–water partition coefficient (Wildman–Crippen LogP) is 5.61. The van der Waals surface area contributed by atoms with E-state index in [0.29, 0.717) is 5.52 Å². The van der Waals surface area contributed by atoms with Crippen molar-refractivity contribution in [3.63, 3.8) is 0 Å². The molecule has 1 fully saturated rings. The molecule has 0 N–H and O–H groups in total. The van der Waals surface area contributed by atoms with Crippen molar-refractivity contribution in [2.24, 2.45) is 0 Å². The van der Waals surface area contributed by atoms with E-state index in [4.69, 9.17) is 4.74 Å². The van der Waals surface area contributed by atoms with E-state index in [1.165, 1.54) is 33.8 Å². The second kappa shape index (κ2) is 7.24. The Morgan fingerprint density at radius 3 is 2.29 bits per heavy atom. The first-order valence-electron chi connectivity index (χ1n) is 10.2. The third-order valence-electron chi connectivity index (χ3n) is 6.17. The molecule has 4 nitrogen and oxygen atoms in total. The maximum absolute atomic E-state index is 13.7. The van der Waals surface area contributed by atoms with Crippen LogP contribution in [0, 0.1) is 12.7 Å². The number of hydrogen-bond donors (Lipinski definition) is 0. The Bertz CT molecular complexity index is 1370. The first kappa shape index (κ1) is 19.8. The highest BCUT2D eigenvalue weighted by molar-refractivity contribution is 7.90. The smallest absolute Gasteiger partial charge is 0.268 e. The number of aromatic nitrogens is 1. The van der Waals surface area contributed by atoms with E-state index in [1.807, 2.05) is 55.5 Å². The molecule has 0 unspecified atom stereocenters. The number of fused-ring (bicyclic) bond motifs is 1. The minimum atomic E-state index is -3.88. The molecule has 0 amide bonds. The molecule has 5 rings (SSSR count). The van der Waals surface area contributed by atoms with Crippen LogP contribution in [0.25, 0.3) is 10.9 Å². The second-order valence-electron chi connectivity index (χ2n) is 7.97. The van der Waals surface area contributed by atoms with Gasteiger partial charge < -0.3 is 4.74 Å². The van der Waals surface area contributed by atoms with Gasteiger partial charge in [-0.05, 0) is 72.9 Å². The lowest BCUT2D eigenvalue weighted by Crippen LogP contribution is -2.16. The fourth-order valence-corrected chi connectivity index (χ4v) is 6.14. The van der Waals surface area contributed by atoms with E-state index in [0.717, 1.165) is 28.8 Å². The molecule has 4 aromatic rings. The van der Waals surface area contributed by atoms with Gasteiger partial charge in [0.15, 0.2) is 0 Å². The largest absolute Gasteiger partial charge is 0.497 e. The number of rotatable bonds is 5. The van der Waals surface area contributed by atoms with Gasteiger partial charge in [0.05, 0.1) is 17.5 Å². The van der Waals surface area contributed by atoms with Crippen molar-refractivity contribution in [2.75, 3.05) is 7.11 Å². The van der Waals surface area contributed by atoms with Gasteiger partial charge in [-0.15, -0.1) is 0 Å². The Kier molecular flexibility index (Phi) is 4.63. The molecule has 1 saturated carbocycles. The molecule has 1 aromatic heterocycles. The number of methoxy groups -OCH3 is 1. The Balaban J connectivity index is 1.65. The molecule has 0 radical (unpaired) electrons. The van der Waals surface area contributed by atoms with Crippen LogP contribution < -0.4 is 4.74 Å². The van der Waals surface area contributed by atoms with Gasteiger partial charge in [-0.1, -0.05) is 30.3 Å². The Morgan fingerprint density at radius 2 is 1.61 bits per heavy atom. The number of hydrogen-bond acceptors (Lipinski definition) is 3. The molecule has 6 heteroatoms. The van der Waals surface area contributed by atoms with Gasteiger partial charge in [0, 0.05) is 17.0 Å². The lowest BCUT2D eigenvalue weighted by molar-refractivity contribution is 0.414. The molecule has 1 aliphatic rings. The van der Waals surface area contributed by atoms with Gasteiger partial charge in [-0.3, -0.25) is 0 Å². The average Bonchev–Trinajstić information content (AvgIpc) is 3.51. The molecule has 31 heavy (non-hydrogen) atoms. The first-order chi connectivity index (χ1) is 14.9. The molecular weight excluding hydrogens is 413 g/mol. The molecule has 0 spiro atoms. The maximum Gasteiger partial charge on any atom is 0.268 e. The summed E-state index contributed by atoms with van der Waals surface area (Å²) in [4.78, 5) is 0.0811. The minimum absolute atomic E-state index is 0.0811. The van der Waals surface area contributed by atoms with Crippen LogP contribution in [-0.2, 0) is 10.0 Å². The molecule has 0 aliphatic heterocycles.